The molecule has 1 amide bonds. The van der Waals surface area contributed by atoms with Gasteiger partial charge in [0.1, 0.15) is 24.0 Å². The number of anilines is 1. The molecule has 0 saturated heterocycles. The first-order valence-corrected chi connectivity index (χ1v) is 13.3. The lowest BCUT2D eigenvalue weighted by Gasteiger charge is -2.15. The molecule has 1 N–H and O–H groups in total. The summed E-state index contributed by atoms with van der Waals surface area (Å²) < 4.78 is 18.1. The molecule has 0 fully saturated rings. The topological polar surface area (TPSA) is 95.6 Å². The van der Waals surface area contributed by atoms with E-state index in [0.717, 1.165) is 27.6 Å². The van der Waals surface area contributed by atoms with E-state index in [4.69, 9.17) is 25.6 Å². The van der Waals surface area contributed by atoms with E-state index >= 15 is 0 Å². The minimum atomic E-state index is -0.645. The van der Waals surface area contributed by atoms with E-state index in [-0.39, 0.29) is 12.5 Å². The van der Waals surface area contributed by atoms with E-state index in [1.165, 1.54) is 0 Å². The molecule has 0 radical (unpaired) electrons. The molecule has 0 spiro atoms. The maximum atomic E-state index is 12.8. The van der Waals surface area contributed by atoms with Crippen molar-refractivity contribution in [2.24, 2.45) is 0 Å². The maximum Gasteiger partial charge on any atom is 0.412 e. The number of carbonyl (C=O) groups is 2. The summed E-state index contributed by atoms with van der Waals surface area (Å²) in [6, 6.07) is 23.0. The van der Waals surface area contributed by atoms with Gasteiger partial charge in [0.2, 0.25) is 0 Å². The number of benzene rings is 3. The van der Waals surface area contributed by atoms with Crippen LogP contribution in [0.2, 0.25) is 5.02 Å². The molecule has 8 nitrogen and oxygen atoms in total. The fourth-order valence-corrected chi connectivity index (χ4v) is 4.87. The van der Waals surface area contributed by atoms with Crippen LogP contribution in [-0.2, 0) is 20.8 Å². The van der Waals surface area contributed by atoms with Crippen molar-refractivity contribution in [1.82, 2.24) is 9.72 Å². The summed E-state index contributed by atoms with van der Waals surface area (Å²) in [6.45, 7) is 5.81. The first-order valence-electron chi connectivity index (χ1n) is 12.9. The van der Waals surface area contributed by atoms with Crippen LogP contribution in [0.15, 0.2) is 83.5 Å². The number of amides is 1. The summed E-state index contributed by atoms with van der Waals surface area (Å²) in [5.41, 5.74) is 5.28. The summed E-state index contributed by atoms with van der Waals surface area (Å²) >= 11 is 6.25. The zero-order chi connectivity index (χ0) is 28.2. The Labute approximate surface area is 236 Å². The molecule has 5 rings (SSSR count). The number of hydrogen-bond acceptors (Lipinski definition) is 6. The minimum Gasteiger partial charge on any atom is -0.465 e. The molecule has 5 aromatic rings. The van der Waals surface area contributed by atoms with Gasteiger partial charge >= 0.3 is 12.1 Å². The molecule has 9 heteroatoms. The number of aromatic nitrogens is 2. The summed E-state index contributed by atoms with van der Waals surface area (Å²) in [5.74, 6) is 0.147. The molecule has 0 aliphatic rings. The van der Waals surface area contributed by atoms with Gasteiger partial charge in [0, 0.05) is 33.2 Å². The summed E-state index contributed by atoms with van der Waals surface area (Å²) in [5, 5.41) is 8.38. The van der Waals surface area contributed by atoms with Crippen molar-refractivity contribution in [3.05, 3.63) is 95.3 Å². The normalized spacial score (nSPS) is 11.8. The second kappa shape index (κ2) is 11.7. The van der Waals surface area contributed by atoms with Gasteiger partial charge in [0.15, 0.2) is 5.76 Å². The van der Waals surface area contributed by atoms with Gasteiger partial charge in [-0.2, -0.15) is 0 Å². The van der Waals surface area contributed by atoms with E-state index in [1.807, 2.05) is 71.4 Å². The molecule has 2 aromatic heterocycles. The lowest BCUT2D eigenvalue weighted by Crippen LogP contribution is -2.17. The third kappa shape index (κ3) is 5.72. The number of carbonyl (C=O) groups excluding carboxylic acids is 2. The SMILES string of the molecule is CCOC(=O)Cn1ccc2cc(-c3cccc(-c4onc(C)c4NC(=O)OC(C)c4ccccc4Cl)c3)ccc21. The molecule has 1 unspecified atom stereocenters. The highest BCUT2D eigenvalue weighted by atomic mass is 35.5. The Balaban J connectivity index is 1.36. The fourth-order valence-electron chi connectivity index (χ4n) is 4.58. The molecule has 204 valence electrons. The average Bonchev–Trinajstić information content (AvgIpc) is 3.51. The van der Waals surface area contributed by atoms with Crippen molar-refractivity contribution in [1.29, 1.82) is 0 Å². The van der Waals surface area contributed by atoms with Crippen molar-refractivity contribution < 1.29 is 23.6 Å². The molecule has 0 aliphatic carbocycles. The van der Waals surface area contributed by atoms with Gasteiger partial charge in [-0.3, -0.25) is 10.1 Å². The number of esters is 1. The van der Waals surface area contributed by atoms with Crippen LogP contribution in [0.25, 0.3) is 33.4 Å². The van der Waals surface area contributed by atoms with Crippen LogP contribution >= 0.6 is 11.6 Å². The van der Waals surface area contributed by atoms with Crippen LogP contribution in [0.4, 0.5) is 10.5 Å². The molecule has 0 aliphatic heterocycles. The molecule has 3 aromatic carbocycles. The zero-order valence-electron chi connectivity index (χ0n) is 22.3. The smallest absolute Gasteiger partial charge is 0.412 e. The maximum absolute atomic E-state index is 12.8. The van der Waals surface area contributed by atoms with E-state index < -0.39 is 12.2 Å². The Bertz CT molecular complexity index is 1690. The van der Waals surface area contributed by atoms with Crippen LogP contribution in [0.5, 0.6) is 0 Å². The highest BCUT2D eigenvalue weighted by Crippen LogP contribution is 2.35. The van der Waals surface area contributed by atoms with E-state index in [1.54, 1.807) is 26.8 Å². The molecule has 0 saturated carbocycles. The van der Waals surface area contributed by atoms with Crippen LogP contribution in [0.3, 0.4) is 0 Å². The highest BCUT2D eigenvalue weighted by Gasteiger charge is 2.21. The minimum absolute atomic E-state index is 0.159. The van der Waals surface area contributed by atoms with Gasteiger partial charge in [-0.05, 0) is 62.2 Å². The van der Waals surface area contributed by atoms with Crippen molar-refractivity contribution in [2.75, 3.05) is 11.9 Å². The van der Waals surface area contributed by atoms with Gasteiger partial charge in [-0.25, -0.2) is 4.79 Å². The van der Waals surface area contributed by atoms with Crippen molar-refractivity contribution in [3.8, 4) is 22.5 Å². The molecular formula is C31H28ClN3O5. The summed E-state index contributed by atoms with van der Waals surface area (Å²) in [4.78, 5) is 24.7. The lowest BCUT2D eigenvalue weighted by atomic mass is 10.0. The predicted molar refractivity (Wildman–Crippen MR) is 154 cm³/mol. The van der Waals surface area contributed by atoms with Crippen LogP contribution < -0.4 is 5.32 Å². The van der Waals surface area contributed by atoms with Crippen molar-refractivity contribution >= 4 is 40.3 Å². The first-order chi connectivity index (χ1) is 19.3. The standard InChI is InChI=1S/C31H28ClN3O5/c1-4-38-28(36)18-35-15-14-23-16-22(12-13-27(23)35)21-8-7-9-24(17-21)30-29(19(2)34-40-30)33-31(37)39-20(3)25-10-5-6-11-26(25)32/h5-17,20H,4,18H2,1-3H3,(H,33,37). The number of rotatable bonds is 8. The van der Waals surface area contributed by atoms with E-state index in [0.29, 0.717) is 34.3 Å². The summed E-state index contributed by atoms with van der Waals surface area (Å²) in [6.07, 6.45) is 0.680. The number of nitrogens with zero attached hydrogens (tertiary/aromatic N) is 2. The summed E-state index contributed by atoms with van der Waals surface area (Å²) in [7, 11) is 0. The van der Waals surface area contributed by atoms with Gasteiger partial charge in [0.25, 0.3) is 0 Å². The molecule has 2 heterocycles. The molecular weight excluding hydrogens is 530 g/mol. The Morgan fingerprint density at radius 1 is 1.02 bits per heavy atom. The number of nitrogens with one attached hydrogen (secondary N) is 1. The second-order valence-electron chi connectivity index (χ2n) is 9.27. The fraction of sp³-hybridized carbons (Fsp3) is 0.194. The lowest BCUT2D eigenvalue weighted by molar-refractivity contribution is -0.143. The zero-order valence-corrected chi connectivity index (χ0v) is 23.1. The van der Waals surface area contributed by atoms with Crippen LogP contribution in [-0.4, -0.2) is 28.4 Å². The largest absolute Gasteiger partial charge is 0.465 e. The third-order valence-corrected chi connectivity index (χ3v) is 6.89. The molecule has 40 heavy (non-hydrogen) atoms. The van der Waals surface area contributed by atoms with E-state index in [2.05, 4.69) is 16.5 Å². The van der Waals surface area contributed by atoms with Gasteiger partial charge < -0.3 is 18.6 Å². The Kier molecular flexibility index (Phi) is 7.89. The number of halogens is 1. The van der Waals surface area contributed by atoms with E-state index in [9.17, 15) is 9.59 Å². The van der Waals surface area contributed by atoms with Gasteiger partial charge in [-0.15, -0.1) is 0 Å². The molecule has 1 atom stereocenters. The molecule has 0 bridgehead atoms. The number of aryl methyl sites for hydroxylation is 1. The number of ether oxygens (including phenoxy) is 2. The monoisotopic (exact) mass is 557 g/mol. The van der Waals surface area contributed by atoms with Gasteiger partial charge in [-0.1, -0.05) is 59.2 Å². The third-order valence-electron chi connectivity index (χ3n) is 6.55. The van der Waals surface area contributed by atoms with Crippen molar-refractivity contribution in [3.63, 3.8) is 0 Å². The van der Waals surface area contributed by atoms with Gasteiger partial charge in [0.05, 0.1) is 6.61 Å². The number of fused-ring (bicyclic) bond motifs is 1. The highest BCUT2D eigenvalue weighted by molar-refractivity contribution is 6.31. The Hall–Kier alpha value is -4.56. The Morgan fingerprint density at radius 2 is 1.80 bits per heavy atom. The predicted octanol–water partition coefficient (Wildman–Crippen LogP) is 7.80. The van der Waals surface area contributed by atoms with Crippen LogP contribution in [0.1, 0.15) is 31.2 Å². The quantitative estimate of drug-likeness (QED) is 0.196. The average molecular weight is 558 g/mol. The first kappa shape index (κ1) is 27.0. The van der Waals surface area contributed by atoms with Crippen LogP contribution in [0, 0.1) is 6.92 Å². The Morgan fingerprint density at radius 3 is 2.60 bits per heavy atom. The number of hydrogen-bond donors (Lipinski definition) is 1. The van der Waals surface area contributed by atoms with Crippen molar-refractivity contribution in [2.45, 2.75) is 33.4 Å². The second-order valence-corrected chi connectivity index (χ2v) is 9.68.